The normalized spacial score (nSPS) is 27.8. The van der Waals surface area contributed by atoms with Crippen molar-refractivity contribution in [1.82, 2.24) is 4.90 Å². The third kappa shape index (κ3) is 4.07. The maximum atomic E-state index is 14.5. The van der Waals surface area contributed by atoms with Gasteiger partial charge in [-0.25, -0.2) is 8.78 Å². The molecule has 1 heterocycles. The van der Waals surface area contributed by atoms with Crippen LogP contribution >= 0.6 is 0 Å². The maximum absolute atomic E-state index is 14.5. The van der Waals surface area contributed by atoms with E-state index in [4.69, 9.17) is 0 Å². The van der Waals surface area contributed by atoms with Crippen LogP contribution < -0.4 is 0 Å². The molecule has 1 aromatic carbocycles. The Labute approximate surface area is 189 Å². The van der Waals surface area contributed by atoms with Crippen molar-refractivity contribution in [2.75, 3.05) is 6.54 Å². The van der Waals surface area contributed by atoms with Gasteiger partial charge in [-0.15, -0.1) is 0 Å². The Morgan fingerprint density at radius 1 is 1.22 bits per heavy atom. The molecule has 3 rings (SSSR count). The second-order valence-electron chi connectivity index (χ2n) is 9.73. The monoisotopic (exact) mass is 441 g/mol. The van der Waals surface area contributed by atoms with Crippen LogP contribution in [0.1, 0.15) is 58.9 Å². The number of likely N-dealkylation sites (tertiary alicyclic amines) is 1. The minimum absolute atomic E-state index is 0.0434. The molecule has 0 N–H and O–H groups in total. The Bertz CT molecular complexity index is 961. The zero-order valence-electron chi connectivity index (χ0n) is 19.5. The Kier molecular flexibility index (Phi) is 6.82. The van der Waals surface area contributed by atoms with Crippen molar-refractivity contribution in [3.63, 3.8) is 0 Å². The van der Waals surface area contributed by atoms with Gasteiger partial charge in [0.2, 0.25) is 5.91 Å². The fourth-order valence-corrected chi connectivity index (χ4v) is 5.36. The molecule has 1 aromatic rings. The minimum atomic E-state index is -0.721. The molecule has 2 fully saturated rings. The highest BCUT2D eigenvalue weighted by molar-refractivity contribution is 5.84. The highest BCUT2D eigenvalue weighted by atomic mass is 19.1. The second kappa shape index (κ2) is 9.08. The number of nitrogens with zero attached hydrogens (tertiary/aromatic N) is 3. The number of hydrogen-bond donors (Lipinski definition) is 0. The topological polar surface area (TPSA) is 45.0 Å². The van der Waals surface area contributed by atoms with Gasteiger partial charge in [0.05, 0.1) is 16.7 Å². The van der Waals surface area contributed by atoms with Crippen LogP contribution in [0.3, 0.4) is 0 Å². The first kappa shape index (κ1) is 24.0. The fourth-order valence-electron chi connectivity index (χ4n) is 5.36. The summed E-state index contributed by atoms with van der Waals surface area (Å²) in [5, 5.41) is 7.74. The lowest BCUT2D eigenvalue weighted by molar-refractivity contribution is -0.147. The molecule has 6 heteroatoms. The van der Waals surface area contributed by atoms with Gasteiger partial charge in [0.25, 0.3) is 0 Å². The molecule has 0 radical (unpaired) electrons. The molecule has 32 heavy (non-hydrogen) atoms. The van der Waals surface area contributed by atoms with Gasteiger partial charge in [-0.2, -0.15) is 10.2 Å². The summed E-state index contributed by atoms with van der Waals surface area (Å²) in [5.74, 6) is -1.29. The Morgan fingerprint density at radius 2 is 1.88 bits per heavy atom. The lowest BCUT2D eigenvalue weighted by Gasteiger charge is -2.43. The molecular weight excluding hydrogens is 408 g/mol. The van der Waals surface area contributed by atoms with Crippen LogP contribution in [0.25, 0.3) is 5.70 Å². The number of carbonyl (C=O) groups excluding carboxylic acids is 1. The van der Waals surface area contributed by atoms with Gasteiger partial charge >= 0.3 is 0 Å². The van der Waals surface area contributed by atoms with Crippen LogP contribution in [0.2, 0.25) is 0 Å². The lowest BCUT2D eigenvalue weighted by Crippen LogP contribution is -2.50. The first-order valence-corrected chi connectivity index (χ1v) is 11.2. The first-order valence-electron chi connectivity index (χ1n) is 11.2. The Balaban J connectivity index is 1.95. The van der Waals surface area contributed by atoms with E-state index in [-0.39, 0.29) is 29.1 Å². The largest absolute Gasteiger partial charge is 0.340 e. The third-order valence-corrected chi connectivity index (χ3v) is 7.75. The van der Waals surface area contributed by atoms with Crippen LogP contribution in [0.15, 0.2) is 59.4 Å². The minimum Gasteiger partial charge on any atom is -0.340 e. The molecule has 0 spiro atoms. The Hall–Kier alpha value is -2.63. The SMILES string of the molecule is C=C/N=N\C(=C/C(=C)C1CC[C@](C)(C(=O)N2CCC[C@@H]2C)C1(C)C)c1c(F)cccc1F. The molecule has 1 saturated carbocycles. The molecule has 1 aliphatic heterocycles. The van der Waals surface area contributed by atoms with Crippen molar-refractivity contribution in [1.29, 1.82) is 0 Å². The number of azo groups is 1. The predicted octanol–water partition coefficient (Wildman–Crippen LogP) is 6.91. The van der Waals surface area contributed by atoms with Crippen molar-refractivity contribution in [3.05, 3.63) is 66.4 Å². The van der Waals surface area contributed by atoms with E-state index in [0.717, 1.165) is 32.2 Å². The summed E-state index contributed by atoms with van der Waals surface area (Å²) in [6, 6.07) is 3.93. The van der Waals surface area contributed by atoms with Crippen LogP contribution in [-0.2, 0) is 4.79 Å². The number of hydrogen-bond acceptors (Lipinski definition) is 3. The van der Waals surface area contributed by atoms with E-state index in [1.807, 2.05) is 11.8 Å². The van der Waals surface area contributed by atoms with Gasteiger partial charge in [-0.1, -0.05) is 40.0 Å². The average molecular weight is 442 g/mol. The summed E-state index contributed by atoms with van der Waals surface area (Å²) in [6.07, 6.45) is 6.37. The van der Waals surface area contributed by atoms with E-state index in [1.54, 1.807) is 6.08 Å². The van der Waals surface area contributed by atoms with E-state index in [0.29, 0.717) is 5.57 Å². The van der Waals surface area contributed by atoms with Gasteiger partial charge in [0, 0.05) is 18.8 Å². The average Bonchev–Trinajstić information content (AvgIpc) is 3.26. The smallest absolute Gasteiger partial charge is 0.229 e. The molecule has 3 atom stereocenters. The third-order valence-electron chi connectivity index (χ3n) is 7.75. The zero-order chi connectivity index (χ0) is 23.7. The number of allylic oxidation sites excluding steroid dienone is 2. The number of rotatable bonds is 6. The van der Waals surface area contributed by atoms with Gasteiger partial charge in [-0.05, 0) is 67.7 Å². The van der Waals surface area contributed by atoms with Crippen LogP contribution in [0.5, 0.6) is 0 Å². The van der Waals surface area contributed by atoms with Crippen LogP contribution in [-0.4, -0.2) is 23.4 Å². The summed E-state index contributed by atoms with van der Waals surface area (Å²) in [5.41, 5.74) is -0.455. The number of benzene rings is 1. The summed E-state index contributed by atoms with van der Waals surface area (Å²) in [6.45, 7) is 16.9. The molecule has 1 saturated heterocycles. The van der Waals surface area contributed by atoms with E-state index >= 15 is 0 Å². The highest BCUT2D eigenvalue weighted by Crippen LogP contribution is 2.59. The second-order valence-corrected chi connectivity index (χ2v) is 9.73. The standard InChI is InChI=1S/C26H33F2N3O/c1-7-29-30-22(23-20(27)11-8-12-21(23)28)16-17(2)19-13-14-26(6,25(19,4)5)24(32)31-15-9-10-18(31)3/h7-8,11-12,16,18-19H,1-2,9-10,13-15H2,3-6H3/b22-16-,30-29-/t18-,19?,26+/m0/s1. The predicted molar refractivity (Wildman–Crippen MR) is 124 cm³/mol. The number of carbonyl (C=O) groups is 1. The van der Waals surface area contributed by atoms with E-state index in [1.165, 1.54) is 24.4 Å². The summed E-state index contributed by atoms with van der Waals surface area (Å²) >= 11 is 0. The van der Waals surface area contributed by atoms with E-state index in [2.05, 4.69) is 44.2 Å². The van der Waals surface area contributed by atoms with Crippen molar-refractivity contribution in [3.8, 4) is 0 Å². The molecule has 0 bridgehead atoms. The van der Waals surface area contributed by atoms with Crippen LogP contribution in [0, 0.1) is 28.4 Å². The first-order chi connectivity index (χ1) is 15.0. The fraction of sp³-hybridized carbons (Fsp3) is 0.500. The van der Waals surface area contributed by atoms with E-state index in [9.17, 15) is 13.6 Å². The van der Waals surface area contributed by atoms with Crippen molar-refractivity contribution >= 4 is 11.6 Å². The van der Waals surface area contributed by atoms with Gasteiger partial charge < -0.3 is 4.90 Å². The molecule has 1 aliphatic carbocycles. The van der Waals surface area contributed by atoms with E-state index < -0.39 is 22.5 Å². The molecular formula is C26H33F2N3O. The zero-order valence-corrected chi connectivity index (χ0v) is 19.5. The molecule has 2 aliphatic rings. The number of halogens is 2. The summed E-state index contributed by atoms with van der Waals surface area (Å²) in [4.78, 5) is 15.6. The summed E-state index contributed by atoms with van der Waals surface area (Å²) < 4.78 is 28.9. The van der Waals surface area contributed by atoms with Crippen LogP contribution in [0.4, 0.5) is 8.78 Å². The molecule has 172 valence electrons. The highest BCUT2D eigenvalue weighted by Gasteiger charge is 2.57. The van der Waals surface area contributed by atoms with Gasteiger partial charge in [-0.3, -0.25) is 4.79 Å². The van der Waals surface area contributed by atoms with Crippen molar-refractivity contribution in [2.24, 2.45) is 27.0 Å². The lowest BCUT2D eigenvalue weighted by atomic mass is 9.63. The number of amides is 1. The molecule has 0 aromatic heterocycles. The summed E-state index contributed by atoms with van der Waals surface area (Å²) in [7, 11) is 0. The Morgan fingerprint density at radius 3 is 2.44 bits per heavy atom. The molecule has 4 nitrogen and oxygen atoms in total. The molecule has 1 amide bonds. The van der Waals surface area contributed by atoms with Crippen molar-refractivity contribution < 1.29 is 13.6 Å². The van der Waals surface area contributed by atoms with Crippen molar-refractivity contribution in [2.45, 2.75) is 59.4 Å². The quantitative estimate of drug-likeness (QED) is 0.349. The van der Waals surface area contributed by atoms with Gasteiger partial charge in [0.15, 0.2) is 0 Å². The maximum Gasteiger partial charge on any atom is 0.229 e. The van der Waals surface area contributed by atoms with Gasteiger partial charge in [0.1, 0.15) is 11.6 Å². The molecule has 1 unspecified atom stereocenters.